The minimum atomic E-state index is -0.396. The first-order chi connectivity index (χ1) is 6.63. The van der Waals surface area contributed by atoms with Crippen molar-refractivity contribution in [1.82, 2.24) is 0 Å². The average molecular weight is 214 g/mol. The van der Waals surface area contributed by atoms with Crippen LogP contribution in [0.25, 0.3) is 0 Å². The van der Waals surface area contributed by atoms with E-state index in [2.05, 4.69) is 0 Å². The van der Waals surface area contributed by atoms with Gasteiger partial charge in [0.25, 0.3) is 0 Å². The third kappa shape index (κ3) is 3.10. The van der Waals surface area contributed by atoms with Crippen LogP contribution in [0.3, 0.4) is 0 Å². The van der Waals surface area contributed by atoms with E-state index < -0.39 is 5.97 Å². The highest BCUT2D eigenvalue weighted by atomic mass is 32.2. The maximum atomic E-state index is 11.3. The second kappa shape index (κ2) is 5.10. The first-order valence-corrected chi connectivity index (χ1v) is 5.81. The molecule has 0 N–H and O–H groups in total. The Morgan fingerprint density at radius 1 is 1.57 bits per heavy atom. The molecule has 0 amide bonds. The monoisotopic (exact) mass is 214 g/mol. The Morgan fingerprint density at radius 3 is 2.86 bits per heavy atom. The minimum Gasteiger partial charge on any atom is -0.457 e. The van der Waals surface area contributed by atoms with Crippen molar-refractivity contribution in [3.8, 4) is 0 Å². The van der Waals surface area contributed by atoms with Gasteiger partial charge in [0.1, 0.15) is 5.76 Å². The predicted molar refractivity (Wildman–Crippen MR) is 56.5 cm³/mol. The van der Waals surface area contributed by atoms with Crippen LogP contribution in [-0.2, 0) is 10.5 Å². The molecular formula is C10H14O3S. The lowest BCUT2D eigenvalue weighted by Crippen LogP contribution is -2.10. The van der Waals surface area contributed by atoms with Crippen molar-refractivity contribution in [2.45, 2.75) is 25.7 Å². The van der Waals surface area contributed by atoms with Gasteiger partial charge in [0.2, 0.25) is 5.76 Å². The molecule has 0 aliphatic heterocycles. The lowest BCUT2D eigenvalue weighted by molar-refractivity contribution is 0.0340. The van der Waals surface area contributed by atoms with E-state index in [4.69, 9.17) is 9.15 Å². The summed E-state index contributed by atoms with van der Waals surface area (Å²) < 4.78 is 10.3. The van der Waals surface area contributed by atoms with Crippen molar-refractivity contribution in [1.29, 1.82) is 0 Å². The van der Waals surface area contributed by atoms with Gasteiger partial charge >= 0.3 is 5.97 Å². The molecule has 0 aliphatic carbocycles. The number of furan rings is 1. The zero-order valence-electron chi connectivity index (χ0n) is 8.57. The first-order valence-electron chi connectivity index (χ1n) is 4.42. The van der Waals surface area contributed by atoms with Gasteiger partial charge in [-0.3, -0.25) is 0 Å². The van der Waals surface area contributed by atoms with Crippen molar-refractivity contribution < 1.29 is 13.9 Å². The Hall–Kier alpha value is -0.900. The Bertz CT molecular complexity index is 304. The number of hydrogen-bond acceptors (Lipinski definition) is 4. The lowest BCUT2D eigenvalue weighted by Gasteiger charge is -2.04. The fourth-order valence-corrected chi connectivity index (χ4v) is 1.42. The smallest absolute Gasteiger partial charge is 0.374 e. The maximum Gasteiger partial charge on any atom is 0.374 e. The Kier molecular flexibility index (Phi) is 4.07. The number of esters is 1. The summed E-state index contributed by atoms with van der Waals surface area (Å²) in [6.07, 6.45) is 1.87. The van der Waals surface area contributed by atoms with E-state index in [-0.39, 0.29) is 11.9 Å². The zero-order valence-corrected chi connectivity index (χ0v) is 9.39. The van der Waals surface area contributed by atoms with Gasteiger partial charge in [0, 0.05) is 0 Å². The molecule has 1 aromatic rings. The fraction of sp³-hybridized carbons (Fsp3) is 0.500. The highest BCUT2D eigenvalue weighted by Crippen LogP contribution is 2.14. The van der Waals surface area contributed by atoms with Crippen LogP contribution in [0, 0.1) is 0 Å². The molecule has 1 aromatic heterocycles. The molecule has 0 fully saturated rings. The van der Waals surface area contributed by atoms with Crippen molar-refractivity contribution in [3.63, 3.8) is 0 Å². The van der Waals surface area contributed by atoms with E-state index in [1.807, 2.05) is 20.1 Å². The number of carbonyl (C=O) groups is 1. The number of rotatable bonds is 4. The van der Waals surface area contributed by atoms with E-state index in [1.165, 1.54) is 0 Å². The van der Waals surface area contributed by atoms with E-state index >= 15 is 0 Å². The Balaban J connectivity index is 2.62. The minimum absolute atomic E-state index is 0.114. The number of thioether (sulfide) groups is 1. The summed E-state index contributed by atoms with van der Waals surface area (Å²) in [5.41, 5.74) is 0. The molecular weight excluding hydrogens is 200 g/mol. The molecule has 4 heteroatoms. The number of ether oxygens (including phenoxy) is 1. The summed E-state index contributed by atoms with van der Waals surface area (Å²) in [6.45, 7) is 3.62. The van der Waals surface area contributed by atoms with Crippen LogP contribution in [0.2, 0.25) is 0 Å². The first kappa shape index (κ1) is 11.2. The van der Waals surface area contributed by atoms with Crippen LogP contribution < -0.4 is 0 Å². The molecule has 3 nitrogen and oxygen atoms in total. The van der Waals surface area contributed by atoms with Crippen molar-refractivity contribution in [3.05, 3.63) is 23.7 Å². The molecule has 0 unspecified atom stereocenters. The van der Waals surface area contributed by atoms with Crippen LogP contribution in [0.15, 0.2) is 16.5 Å². The number of carbonyl (C=O) groups excluding carboxylic acids is 1. The normalized spacial score (nSPS) is 10.6. The van der Waals surface area contributed by atoms with E-state index in [0.717, 1.165) is 11.5 Å². The molecule has 1 heterocycles. The van der Waals surface area contributed by atoms with Gasteiger partial charge in [-0.25, -0.2) is 4.79 Å². The average Bonchev–Trinajstić information content (AvgIpc) is 2.52. The third-order valence-corrected chi connectivity index (χ3v) is 2.07. The van der Waals surface area contributed by atoms with Crippen molar-refractivity contribution in [2.24, 2.45) is 0 Å². The van der Waals surface area contributed by atoms with Crippen LogP contribution >= 0.6 is 11.8 Å². The topological polar surface area (TPSA) is 39.4 Å². The maximum absolute atomic E-state index is 11.3. The summed E-state index contributed by atoms with van der Waals surface area (Å²) >= 11 is 1.65. The van der Waals surface area contributed by atoms with Gasteiger partial charge in [0.05, 0.1) is 11.9 Å². The fourth-order valence-electron chi connectivity index (χ4n) is 0.980. The predicted octanol–water partition coefficient (Wildman–Crippen LogP) is 2.71. The molecule has 0 saturated heterocycles. The Labute approximate surface area is 87.8 Å². The molecule has 0 bridgehead atoms. The molecule has 14 heavy (non-hydrogen) atoms. The quantitative estimate of drug-likeness (QED) is 0.722. The van der Waals surface area contributed by atoms with Crippen LogP contribution in [0.4, 0.5) is 0 Å². The highest BCUT2D eigenvalue weighted by Gasteiger charge is 2.13. The van der Waals surface area contributed by atoms with Gasteiger partial charge in [-0.05, 0) is 32.2 Å². The SMILES string of the molecule is CSCc1ccc(C(=O)OC(C)C)o1. The molecule has 0 spiro atoms. The van der Waals surface area contributed by atoms with Gasteiger partial charge in [0.15, 0.2) is 0 Å². The summed E-state index contributed by atoms with van der Waals surface area (Å²) in [7, 11) is 0. The largest absolute Gasteiger partial charge is 0.457 e. The van der Waals surface area contributed by atoms with Crippen LogP contribution in [0.5, 0.6) is 0 Å². The lowest BCUT2D eigenvalue weighted by atomic mass is 10.4. The van der Waals surface area contributed by atoms with Crippen LogP contribution in [0.1, 0.15) is 30.2 Å². The molecule has 0 saturated carbocycles. The van der Waals surface area contributed by atoms with Gasteiger partial charge in [-0.1, -0.05) is 0 Å². The third-order valence-electron chi connectivity index (χ3n) is 1.49. The summed E-state index contributed by atoms with van der Waals surface area (Å²) in [5, 5.41) is 0. The van der Waals surface area contributed by atoms with Crippen LogP contribution in [-0.4, -0.2) is 18.3 Å². The molecule has 78 valence electrons. The summed E-state index contributed by atoms with van der Waals surface area (Å²) in [4.78, 5) is 11.3. The zero-order chi connectivity index (χ0) is 10.6. The van der Waals surface area contributed by atoms with Gasteiger partial charge < -0.3 is 9.15 Å². The molecule has 0 aromatic carbocycles. The second-order valence-corrected chi connectivity index (χ2v) is 4.02. The molecule has 1 rings (SSSR count). The van der Waals surface area contributed by atoms with Crippen molar-refractivity contribution >= 4 is 17.7 Å². The Morgan fingerprint density at radius 2 is 2.29 bits per heavy atom. The second-order valence-electron chi connectivity index (χ2n) is 3.15. The molecule has 0 atom stereocenters. The van der Waals surface area contributed by atoms with E-state index in [1.54, 1.807) is 23.9 Å². The van der Waals surface area contributed by atoms with Gasteiger partial charge in [-0.15, -0.1) is 0 Å². The number of hydrogen-bond donors (Lipinski definition) is 0. The van der Waals surface area contributed by atoms with E-state index in [0.29, 0.717) is 0 Å². The molecule has 0 aliphatic rings. The standard InChI is InChI=1S/C10H14O3S/c1-7(2)12-10(11)9-5-4-8(13-9)6-14-3/h4-5,7H,6H2,1-3H3. The van der Waals surface area contributed by atoms with Gasteiger partial charge in [-0.2, -0.15) is 11.8 Å². The van der Waals surface area contributed by atoms with E-state index in [9.17, 15) is 4.79 Å². The molecule has 0 radical (unpaired) electrons. The highest BCUT2D eigenvalue weighted by molar-refractivity contribution is 7.97. The van der Waals surface area contributed by atoms with Crippen molar-refractivity contribution in [2.75, 3.05) is 6.26 Å². The summed E-state index contributed by atoms with van der Waals surface area (Å²) in [6, 6.07) is 3.45. The summed E-state index contributed by atoms with van der Waals surface area (Å²) in [5.74, 6) is 1.46.